The third kappa shape index (κ3) is 2.69. The lowest BCUT2D eigenvalue weighted by atomic mass is 10.1. The molecule has 1 saturated heterocycles. The topological polar surface area (TPSA) is 44.5 Å². The molecule has 4 heteroatoms. The van der Waals surface area contributed by atoms with Crippen LogP contribution in [0.15, 0.2) is 24.3 Å². The van der Waals surface area contributed by atoms with E-state index in [-0.39, 0.29) is 12.2 Å². The van der Waals surface area contributed by atoms with Gasteiger partial charge in [-0.3, -0.25) is 0 Å². The molecule has 1 heterocycles. The summed E-state index contributed by atoms with van der Waals surface area (Å²) < 4.78 is 10.8. The predicted octanol–water partition coefficient (Wildman–Crippen LogP) is 1.76. The molecule has 1 unspecified atom stereocenters. The molecule has 2 rings (SSSR count). The summed E-state index contributed by atoms with van der Waals surface area (Å²) in [5, 5.41) is 0.708. The maximum absolute atomic E-state index is 5.91. The van der Waals surface area contributed by atoms with Gasteiger partial charge in [-0.25, -0.2) is 0 Å². The first-order valence-corrected chi connectivity index (χ1v) is 5.36. The fourth-order valence-corrected chi connectivity index (χ4v) is 1.70. The second-order valence-electron chi connectivity index (χ2n) is 3.57. The Kier molecular flexibility index (Phi) is 3.59. The third-order valence-electron chi connectivity index (χ3n) is 2.40. The van der Waals surface area contributed by atoms with Crippen LogP contribution >= 0.6 is 11.6 Å². The molecule has 3 nitrogen and oxygen atoms in total. The molecule has 1 fully saturated rings. The van der Waals surface area contributed by atoms with Gasteiger partial charge >= 0.3 is 0 Å². The zero-order chi connectivity index (χ0) is 10.7. The molecule has 0 amide bonds. The van der Waals surface area contributed by atoms with Crippen LogP contribution in [-0.2, 0) is 9.47 Å². The van der Waals surface area contributed by atoms with E-state index in [0.717, 1.165) is 5.56 Å². The molecular weight excluding hydrogens is 214 g/mol. The van der Waals surface area contributed by atoms with E-state index in [2.05, 4.69) is 0 Å². The van der Waals surface area contributed by atoms with Crippen LogP contribution in [0.2, 0.25) is 5.02 Å². The number of ether oxygens (including phenoxy) is 2. The van der Waals surface area contributed by atoms with Crippen LogP contribution in [0, 0.1) is 0 Å². The van der Waals surface area contributed by atoms with Crippen molar-refractivity contribution in [2.75, 3.05) is 19.8 Å². The van der Waals surface area contributed by atoms with Crippen LogP contribution in [0.4, 0.5) is 0 Å². The van der Waals surface area contributed by atoms with Crippen molar-refractivity contribution >= 4 is 11.6 Å². The summed E-state index contributed by atoms with van der Waals surface area (Å²) in [7, 11) is 0. The second kappa shape index (κ2) is 4.94. The Labute approximate surface area is 94.1 Å². The molecule has 0 bridgehead atoms. The van der Waals surface area contributed by atoms with E-state index in [1.165, 1.54) is 0 Å². The first kappa shape index (κ1) is 10.9. The molecule has 1 atom stereocenters. The Morgan fingerprint density at radius 1 is 1.53 bits per heavy atom. The van der Waals surface area contributed by atoms with Crippen molar-refractivity contribution < 1.29 is 9.47 Å². The number of nitrogens with two attached hydrogens (primary N) is 1. The van der Waals surface area contributed by atoms with Crippen LogP contribution < -0.4 is 5.73 Å². The minimum atomic E-state index is -0.0856. The van der Waals surface area contributed by atoms with Gasteiger partial charge in [-0.1, -0.05) is 23.7 Å². The second-order valence-corrected chi connectivity index (χ2v) is 4.01. The monoisotopic (exact) mass is 227 g/mol. The predicted molar refractivity (Wildman–Crippen MR) is 58.9 cm³/mol. The van der Waals surface area contributed by atoms with Crippen LogP contribution in [0.25, 0.3) is 0 Å². The number of hydrogen-bond acceptors (Lipinski definition) is 3. The summed E-state index contributed by atoms with van der Waals surface area (Å²) in [4.78, 5) is 0. The van der Waals surface area contributed by atoms with Gasteiger partial charge in [-0.2, -0.15) is 0 Å². The maximum Gasteiger partial charge on any atom is 0.105 e. The average Bonchev–Trinajstić information content (AvgIpc) is 2.16. The van der Waals surface area contributed by atoms with Crippen LogP contribution in [0.5, 0.6) is 0 Å². The van der Waals surface area contributed by atoms with Crippen molar-refractivity contribution in [1.29, 1.82) is 0 Å². The van der Waals surface area contributed by atoms with Crippen molar-refractivity contribution in [3.05, 3.63) is 34.9 Å². The van der Waals surface area contributed by atoms with Crippen molar-refractivity contribution in [2.24, 2.45) is 5.73 Å². The lowest BCUT2D eigenvalue weighted by Gasteiger charge is -2.30. The van der Waals surface area contributed by atoms with Crippen molar-refractivity contribution in [3.63, 3.8) is 0 Å². The number of benzene rings is 1. The SMILES string of the molecule is NCC(OC1COC1)c1cccc(Cl)c1. The van der Waals surface area contributed by atoms with Gasteiger partial charge in [0.05, 0.1) is 19.3 Å². The minimum absolute atomic E-state index is 0.0856. The van der Waals surface area contributed by atoms with E-state index in [1.807, 2.05) is 24.3 Å². The van der Waals surface area contributed by atoms with Crippen LogP contribution in [0.1, 0.15) is 11.7 Å². The maximum atomic E-state index is 5.91. The van der Waals surface area contributed by atoms with E-state index in [0.29, 0.717) is 24.8 Å². The molecule has 1 aromatic carbocycles. The van der Waals surface area contributed by atoms with E-state index in [9.17, 15) is 0 Å². The molecular formula is C11H14ClNO2. The van der Waals surface area contributed by atoms with Gasteiger partial charge in [0.15, 0.2) is 0 Å². The molecule has 0 spiro atoms. The fourth-order valence-electron chi connectivity index (χ4n) is 1.50. The number of rotatable bonds is 4. The van der Waals surface area contributed by atoms with Gasteiger partial charge in [0.1, 0.15) is 6.10 Å². The van der Waals surface area contributed by atoms with Gasteiger partial charge in [-0.15, -0.1) is 0 Å². The zero-order valence-corrected chi connectivity index (χ0v) is 9.11. The standard InChI is InChI=1S/C11H14ClNO2/c12-9-3-1-2-8(4-9)11(5-13)15-10-6-14-7-10/h1-4,10-11H,5-7,13H2. The smallest absolute Gasteiger partial charge is 0.105 e. The molecule has 2 N–H and O–H groups in total. The van der Waals surface area contributed by atoms with E-state index < -0.39 is 0 Å². The van der Waals surface area contributed by atoms with Crippen LogP contribution in [0.3, 0.4) is 0 Å². The molecule has 15 heavy (non-hydrogen) atoms. The zero-order valence-electron chi connectivity index (χ0n) is 8.36. The summed E-state index contributed by atoms with van der Waals surface area (Å²) in [6.45, 7) is 1.78. The Morgan fingerprint density at radius 3 is 2.87 bits per heavy atom. The Morgan fingerprint density at radius 2 is 2.33 bits per heavy atom. The van der Waals surface area contributed by atoms with Crippen molar-refractivity contribution in [2.45, 2.75) is 12.2 Å². The van der Waals surface area contributed by atoms with E-state index >= 15 is 0 Å². The van der Waals surface area contributed by atoms with Gasteiger partial charge in [0, 0.05) is 11.6 Å². The lowest BCUT2D eigenvalue weighted by molar-refractivity contribution is -0.153. The normalized spacial score (nSPS) is 18.5. The molecule has 0 radical (unpaired) electrons. The lowest BCUT2D eigenvalue weighted by Crippen LogP contribution is -2.38. The quantitative estimate of drug-likeness (QED) is 0.853. The molecule has 1 aliphatic rings. The third-order valence-corrected chi connectivity index (χ3v) is 2.63. The molecule has 1 aliphatic heterocycles. The highest BCUT2D eigenvalue weighted by atomic mass is 35.5. The average molecular weight is 228 g/mol. The van der Waals surface area contributed by atoms with Crippen molar-refractivity contribution in [1.82, 2.24) is 0 Å². The summed E-state index contributed by atoms with van der Waals surface area (Å²) in [6.07, 6.45) is 0.0927. The first-order valence-electron chi connectivity index (χ1n) is 4.98. The summed E-state index contributed by atoms with van der Waals surface area (Å²) >= 11 is 5.91. The minimum Gasteiger partial charge on any atom is -0.376 e. The van der Waals surface area contributed by atoms with Gasteiger partial charge in [0.2, 0.25) is 0 Å². The van der Waals surface area contributed by atoms with Gasteiger partial charge < -0.3 is 15.2 Å². The Bertz CT molecular complexity index is 328. The largest absolute Gasteiger partial charge is 0.376 e. The van der Waals surface area contributed by atoms with Crippen molar-refractivity contribution in [3.8, 4) is 0 Å². The van der Waals surface area contributed by atoms with E-state index in [4.69, 9.17) is 26.8 Å². The number of hydrogen-bond donors (Lipinski definition) is 1. The van der Waals surface area contributed by atoms with Crippen LogP contribution in [-0.4, -0.2) is 25.9 Å². The molecule has 0 saturated carbocycles. The molecule has 82 valence electrons. The highest BCUT2D eigenvalue weighted by Crippen LogP contribution is 2.23. The first-order chi connectivity index (χ1) is 7.29. The highest BCUT2D eigenvalue weighted by molar-refractivity contribution is 6.30. The van der Waals surface area contributed by atoms with E-state index in [1.54, 1.807) is 0 Å². The Hall–Kier alpha value is -0.610. The highest BCUT2D eigenvalue weighted by Gasteiger charge is 2.23. The summed E-state index contributed by atoms with van der Waals surface area (Å²) in [6, 6.07) is 7.60. The molecule has 0 aromatic heterocycles. The molecule has 1 aromatic rings. The summed E-state index contributed by atoms with van der Waals surface area (Å²) in [5.74, 6) is 0. The molecule has 0 aliphatic carbocycles. The Balaban J connectivity index is 2.04. The number of halogens is 1. The summed E-state index contributed by atoms with van der Waals surface area (Å²) in [5.41, 5.74) is 6.70. The fraction of sp³-hybridized carbons (Fsp3) is 0.455. The van der Waals surface area contributed by atoms with Gasteiger partial charge in [0.25, 0.3) is 0 Å². The van der Waals surface area contributed by atoms with Gasteiger partial charge in [-0.05, 0) is 17.7 Å².